The highest BCUT2D eigenvalue weighted by Crippen LogP contribution is 2.32. The first kappa shape index (κ1) is 14.6. The summed E-state index contributed by atoms with van der Waals surface area (Å²) >= 11 is 12.5. The van der Waals surface area contributed by atoms with Gasteiger partial charge in [-0.25, -0.2) is 0 Å². The van der Waals surface area contributed by atoms with Crippen molar-refractivity contribution in [3.63, 3.8) is 0 Å². The first-order valence-corrected chi connectivity index (χ1v) is 8.07. The Bertz CT molecular complexity index is 480. The van der Waals surface area contributed by atoms with Crippen LogP contribution in [0, 0.1) is 0 Å². The molecule has 0 aliphatic carbocycles. The molecule has 0 aromatic heterocycles. The zero-order chi connectivity index (χ0) is 14.1. The molecule has 20 heavy (non-hydrogen) atoms. The largest absolute Gasteiger partial charge is 0.329 e. The maximum atomic E-state index is 6.35. The van der Waals surface area contributed by atoms with Crippen LogP contribution in [0.5, 0.6) is 0 Å². The molecule has 0 bridgehead atoms. The highest BCUT2D eigenvalue weighted by Gasteiger charge is 2.33. The number of nitrogens with zero attached hydrogens (tertiary/aromatic N) is 2. The monoisotopic (exact) mass is 313 g/mol. The average molecular weight is 314 g/mol. The highest BCUT2D eigenvalue weighted by molar-refractivity contribution is 6.33. The molecule has 1 aromatic carbocycles. The van der Waals surface area contributed by atoms with Crippen LogP contribution >= 0.6 is 23.2 Å². The predicted octanol–water partition coefficient (Wildman–Crippen LogP) is 2.77. The molecule has 5 heteroatoms. The average Bonchev–Trinajstić information content (AvgIpc) is 2.91. The highest BCUT2D eigenvalue weighted by atomic mass is 35.5. The van der Waals surface area contributed by atoms with Crippen LogP contribution in [0.4, 0.5) is 0 Å². The Labute approximate surface area is 130 Å². The number of hydrogen-bond acceptors (Lipinski definition) is 3. The quantitative estimate of drug-likeness (QED) is 0.931. The minimum absolute atomic E-state index is 0.170. The molecule has 1 aromatic rings. The summed E-state index contributed by atoms with van der Waals surface area (Å²) in [5.41, 5.74) is 7.10. The van der Waals surface area contributed by atoms with Gasteiger partial charge in [0.2, 0.25) is 0 Å². The van der Waals surface area contributed by atoms with Crippen LogP contribution in [0.3, 0.4) is 0 Å². The van der Waals surface area contributed by atoms with Crippen molar-refractivity contribution >= 4 is 23.2 Å². The summed E-state index contributed by atoms with van der Waals surface area (Å²) < 4.78 is 0. The second-order valence-corrected chi connectivity index (χ2v) is 6.59. The maximum absolute atomic E-state index is 6.35. The minimum Gasteiger partial charge on any atom is -0.329 e. The Kier molecular flexibility index (Phi) is 4.53. The fraction of sp³-hybridized carbons (Fsp3) is 0.600. The van der Waals surface area contributed by atoms with Crippen LogP contribution in [0.25, 0.3) is 0 Å². The van der Waals surface area contributed by atoms with E-state index in [-0.39, 0.29) is 6.04 Å². The third kappa shape index (κ3) is 2.83. The van der Waals surface area contributed by atoms with Gasteiger partial charge in [0.25, 0.3) is 0 Å². The van der Waals surface area contributed by atoms with Crippen molar-refractivity contribution in [3.05, 3.63) is 33.8 Å². The first-order chi connectivity index (χ1) is 9.69. The van der Waals surface area contributed by atoms with Crippen molar-refractivity contribution in [1.82, 2.24) is 9.80 Å². The second-order valence-electron chi connectivity index (χ2n) is 5.74. The van der Waals surface area contributed by atoms with E-state index in [9.17, 15) is 0 Å². The van der Waals surface area contributed by atoms with E-state index in [0.29, 0.717) is 12.6 Å². The number of hydrogen-bond donors (Lipinski definition) is 1. The summed E-state index contributed by atoms with van der Waals surface area (Å²) in [5, 5.41) is 1.49. The van der Waals surface area contributed by atoms with Gasteiger partial charge in [0, 0.05) is 48.3 Å². The molecule has 0 spiro atoms. The summed E-state index contributed by atoms with van der Waals surface area (Å²) in [7, 11) is 0. The molecule has 2 aliphatic heterocycles. The fourth-order valence-corrected chi connectivity index (χ4v) is 3.96. The van der Waals surface area contributed by atoms with Gasteiger partial charge in [-0.3, -0.25) is 9.80 Å². The lowest BCUT2D eigenvalue weighted by Crippen LogP contribution is -2.52. The molecule has 110 valence electrons. The number of piperazine rings is 1. The number of benzene rings is 1. The molecule has 3 nitrogen and oxygen atoms in total. The van der Waals surface area contributed by atoms with E-state index in [2.05, 4.69) is 9.80 Å². The first-order valence-electron chi connectivity index (χ1n) is 7.32. The van der Waals surface area contributed by atoms with Crippen molar-refractivity contribution in [2.24, 2.45) is 5.73 Å². The Morgan fingerprint density at radius 3 is 2.90 bits per heavy atom. The normalized spacial score (nSPS) is 25.6. The summed E-state index contributed by atoms with van der Waals surface area (Å²) in [5.74, 6) is 0. The van der Waals surface area contributed by atoms with E-state index < -0.39 is 0 Å². The molecule has 2 saturated heterocycles. The van der Waals surface area contributed by atoms with E-state index in [4.69, 9.17) is 28.9 Å². The van der Waals surface area contributed by atoms with Gasteiger partial charge in [-0.2, -0.15) is 0 Å². The molecule has 2 aliphatic rings. The molecule has 0 saturated carbocycles. The second kappa shape index (κ2) is 6.20. The Morgan fingerprint density at radius 1 is 1.25 bits per heavy atom. The molecular weight excluding hydrogens is 293 g/mol. The molecule has 2 heterocycles. The molecule has 2 fully saturated rings. The van der Waals surface area contributed by atoms with Gasteiger partial charge in [0.05, 0.1) is 0 Å². The predicted molar refractivity (Wildman–Crippen MR) is 84.4 cm³/mol. The lowest BCUT2D eigenvalue weighted by Gasteiger charge is -2.41. The van der Waals surface area contributed by atoms with Crippen molar-refractivity contribution < 1.29 is 0 Å². The van der Waals surface area contributed by atoms with E-state index in [1.807, 2.05) is 18.2 Å². The molecule has 2 N–H and O–H groups in total. The van der Waals surface area contributed by atoms with Crippen molar-refractivity contribution in [2.75, 3.05) is 32.7 Å². The van der Waals surface area contributed by atoms with Crippen LogP contribution in [-0.4, -0.2) is 48.6 Å². The van der Waals surface area contributed by atoms with Crippen molar-refractivity contribution in [3.8, 4) is 0 Å². The molecular formula is C15H21Cl2N3. The van der Waals surface area contributed by atoms with Crippen LogP contribution in [-0.2, 0) is 0 Å². The van der Waals surface area contributed by atoms with E-state index in [0.717, 1.165) is 35.2 Å². The summed E-state index contributed by atoms with van der Waals surface area (Å²) in [4.78, 5) is 5.08. The standard InChI is InChI=1S/C15H21Cl2N3/c16-11-3-4-14(17)13(8-11)15(9-18)20-7-6-19-5-1-2-12(19)10-20/h3-4,8,12,15H,1-2,5-7,9-10,18H2. The maximum Gasteiger partial charge on any atom is 0.0486 e. The lowest BCUT2D eigenvalue weighted by atomic mass is 10.0. The van der Waals surface area contributed by atoms with Gasteiger partial charge in [-0.05, 0) is 43.1 Å². The number of nitrogens with two attached hydrogens (primary N) is 1. The van der Waals surface area contributed by atoms with Gasteiger partial charge in [0.15, 0.2) is 0 Å². The van der Waals surface area contributed by atoms with Crippen LogP contribution in [0.2, 0.25) is 10.0 Å². The SMILES string of the molecule is NCC(c1cc(Cl)ccc1Cl)N1CCN2CCCC2C1. The third-order valence-corrected chi connectivity index (χ3v) is 5.18. The Morgan fingerprint density at radius 2 is 2.10 bits per heavy atom. The summed E-state index contributed by atoms with van der Waals surface area (Å²) in [6.07, 6.45) is 2.63. The smallest absolute Gasteiger partial charge is 0.0486 e. The molecule has 3 rings (SSSR count). The molecule has 0 radical (unpaired) electrons. The molecule has 2 unspecified atom stereocenters. The zero-order valence-corrected chi connectivity index (χ0v) is 13.1. The van der Waals surface area contributed by atoms with Gasteiger partial charge in [-0.15, -0.1) is 0 Å². The van der Waals surface area contributed by atoms with Crippen molar-refractivity contribution in [1.29, 1.82) is 0 Å². The zero-order valence-electron chi connectivity index (χ0n) is 11.6. The van der Waals surface area contributed by atoms with Gasteiger partial charge in [-0.1, -0.05) is 23.2 Å². The minimum atomic E-state index is 0.170. The van der Waals surface area contributed by atoms with Crippen LogP contribution in [0.15, 0.2) is 18.2 Å². The Balaban J connectivity index is 1.81. The van der Waals surface area contributed by atoms with Crippen molar-refractivity contribution in [2.45, 2.75) is 24.9 Å². The van der Waals surface area contributed by atoms with E-state index in [1.54, 1.807) is 0 Å². The molecule has 0 amide bonds. The van der Waals surface area contributed by atoms with Gasteiger partial charge in [0.1, 0.15) is 0 Å². The summed E-state index contributed by atoms with van der Waals surface area (Å²) in [6, 6.07) is 6.52. The van der Waals surface area contributed by atoms with Crippen LogP contribution < -0.4 is 5.73 Å². The van der Waals surface area contributed by atoms with Gasteiger partial charge < -0.3 is 5.73 Å². The number of rotatable bonds is 3. The number of fused-ring (bicyclic) bond motifs is 1. The number of halogens is 2. The summed E-state index contributed by atoms with van der Waals surface area (Å²) in [6.45, 7) is 5.11. The Hall–Kier alpha value is -0.320. The third-order valence-electron chi connectivity index (χ3n) is 4.60. The topological polar surface area (TPSA) is 32.5 Å². The lowest BCUT2D eigenvalue weighted by molar-refractivity contribution is 0.0737. The van der Waals surface area contributed by atoms with E-state index >= 15 is 0 Å². The molecule has 2 atom stereocenters. The fourth-order valence-electron chi connectivity index (χ4n) is 3.54. The van der Waals surface area contributed by atoms with E-state index in [1.165, 1.54) is 19.4 Å². The van der Waals surface area contributed by atoms with Gasteiger partial charge >= 0.3 is 0 Å². The van der Waals surface area contributed by atoms with Crippen LogP contribution in [0.1, 0.15) is 24.4 Å².